The predicted octanol–water partition coefficient (Wildman–Crippen LogP) is 4.16. The van der Waals surface area contributed by atoms with Crippen molar-refractivity contribution in [1.29, 1.82) is 0 Å². The van der Waals surface area contributed by atoms with E-state index >= 15 is 0 Å². The van der Waals surface area contributed by atoms with E-state index in [2.05, 4.69) is 16.9 Å². The van der Waals surface area contributed by atoms with Gasteiger partial charge in [-0.05, 0) is 30.7 Å². The number of ketones is 1. The van der Waals surface area contributed by atoms with Crippen molar-refractivity contribution in [3.63, 3.8) is 0 Å². The van der Waals surface area contributed by atoms with Crippen LogP contribution >= 0.6 is 23.1 Å². The van der Waals surface area contributed by atoms with Crippen LogP contribution < -0.4 is 0 Å². The second kappa shape index (κ2) is 5.81. The SMILES string of the molecule is CCc1ccc(C(=O)CSc2nc3ccccc3[nH]2)s1. The summed E-state index contributed by atoms with van der Waals surface area (Å²) in [5, 5.41) is 0.798. The molecule has 5 heteroatoms. The van der Waals surface area contributed by atoms with Crippen molar-refractivity contribution in [3.05, 3.63) is 46.2 Å². The lowest BCUT2D eigenvalue weighted by molar-refractivity contribution is 0.102. The van der Waals surface area contributed by atoms with Crippen molar-refractivity contribution >= 4 is 39.9 Å². The maximum Gasteiger partial charge on any atom is 0.183 e. The standard InChI is InChI=1S/C15H14N2OS2/c1-2-10-7-8-14(20-10)13(18)9-19-15-16-11-5-3-4-6-12(11)17-15/h3-8H,2,9H2,1H3,(H,16,17). The molecule has 2 heterocycles. The highest BCUT2D eigenvalue weighted by atomic mass is 32.2. The summed E-state index contributed by atoms with van der Waals surface area (Å²) in [5.74, 6) is 0.587. The highest BCUT2D eigenvalue weighted by molar-refractivity contribution is 7.99. The molecule has 3 aromatic rings. The Balaban J connectivity index is 1.68. The minimum Gasteiger partial charge on any atom is -0.333 e. The molecule has 1 aromatic carbocycles. The molecule has 0 amide bonds. The molecule has 0 unspecified atom stereocenters. The quantitative estimate of drug-likeness (QED) is 0.568. The number of rotatable bonds is 5. The highest BCUT2D eigenvalue weighted by Gasteiger charge is 2.11. The van der Waals surface area contributed by atoms with Crippen molar-refractivity contribution in [2.45, 2.75) is 18.5 Å². The first-order valence-electron chi connectivity index (χ1n) is 6.45. The fraction of sp³-hybridized carbons (Fsp3) is 0.200. The second-order valence-electron chi connectivity index (χ2n) is 4.39. The zero-order valence-electron chi connectivity index (χ0n) is 11.1. The summed E-state index contributed by atoms with van der Waals surface area (Å²) in [6.45, 7) is 2.10. The van der Waals surface area contributed by atoms with Crippen LogP contribution in [0.15, 0.2) is 41.6 Å². The number of aryl methyl sites for hydroxylation is 1. The summed E-state index contributed by atoms with van der Waals surface area (Å²) in [6.07, 6.45) is 0.981. The van der Waals surface area contributed by atoms with Gasteiger partial charge in [0, 0.05) is 4.88 Å². The maximum atomic E-state index is 12.1. The van der Waals surface area contributed by atoms with Gasteiger partial charge in [0.1, 0.15) is 0 Å². The van der Waals surface area contributed by atoms with Gasteiger partial charge in [0.15, 0.2) is 10.9 Å². The minimum atomic E-state index is 0.167. The number of benzene rings is 1. The Morgan fingerprint density at radius 3 is 2.90 bits per heavy atom. The largest absolute Gasteiger partial charge is 0.333 e. The van der Waals surface area contributed by atoms with Crippen LogP contribution in [-0.4, -0.2) is 21.5 Å². The monoisotopic (exact) mass is 302 g/mol. The van der Waals surface area contributed by atoms with Crippen LogP contribution in [0, 0.1) is 0 Å². The third-order valence-corrected chi connectivity index (χ3v) is 5.14. The molecule has 0 aliphatic heterocycles. The van der Waals surface area contributed by atoms with Crippen LogP contribution in [0.4, 0.5) is 0 Å². The van der Waals surface area contributed by atoms with E-state index in [-0.39, 0.29) is 5.78 Å². The van der Waals surface area contributed by atoms with Crippen molar-refractivity contribution in [2.75, 3.05) is 5.75 Å². The molecule has 0 aliphatic rings. The number of fused-ring (bicyclic) bond motifs is 1. The van der Waals surface area contributed by atoms with Crippen molar-refractivity contribution in [1.82, 2.24) is 9.97 Å². The average Bonchev–Trinajstić information content (AvgIpc) is 3.10. The zero-order chi connectivity index (χ0) is 13.9. The summed E-state index contributed by atoms with van der Waals surface area (Å²) >= 11 is 3.04. The smallest absolute Gasteiger partial charge is 0.183 e. The average molecular weight is 302 g/mol. The van der Waals surface area contributed by atoms with E-state index in [1.165, 1.54) is 16.6 Å². The molecule has 1 N–H and O–H groups in total. The Labute approximate surface area is 125 Å². The van der Waals surface area contributed by atoms with Gasteiger partial charge in [-0.15, -0.1) is 11.3 Å². The molecule has 3 rings (SSSR count). The number of carbonyl (C=O) groups excluding carboxylic acids is 1. The molecule has 0 saturated heterocycles. The maximum absolute atomic E-state index is 12.1. The van der Waals surface area contributed by atoms with Gasteiger partial charge in [-0.3, -0.25) is 4.79 Å². The van der Waals surface area contributed by atoms with Gasteiger partial charge in [0.2, 0.25) is 0 Å². The molecule has 3 nitrogen and oxygen atoms in total. The molecule has 2 aromatic heterocycles. The molecule has 0 fully saturated rings. The van der Waals surface area contributed by atoms with Gasteiger partial charge in [-0.1, -0.05) is 30.8 Å². The fourth-order valence-electron chi connectivity index (χ4n) is 1.92. The number of H-pyrrole nitrogens is 1. The number of para-hydroxylation sites is 2. The third-order valence-electron chi connectivity index (χ3n) is 2.99. The summed E-state index contributed by atoms with van der Waals surface area (Å²) in [6, 6.07) is 11.8. The first kappa shape index (κ1) is 13.4. The summed E-state index contributed by atoms with van der Waals surface area (Å²) in [7, 11) is 0. The Morgan fingerprint density at radius 2 is 2.15 bits per heavy atom. The van der Waals surface area contributed by atoms with Gasteiger partial charge in [-0.2, -0.15) is 0 Å². The van der Waals surface area contributed by atoms with E-state index in [1.54, 1.807) is 11.3 Å². The van der Waals surface area contributed by atoms with E-state index in [1.807, 2.05) is 36.4 Å². The zero-order valence-corrected chi connectivity index (χ0v) is 12.7. The number of carbonyl (C=O) groups is 1. The number of hydrogen-bond donors (Lipinski definition) is 1. The molecule has 0 aliphatic carbocycles. The van der Waals surface area contributed by atoms with Gasteiger partial charge >= 0.3 is 0 Å². The molecular formula is C15H14N2OS2. The van der Waals surface area contributed by atoms with Crippen LogP contribution in [0.3, 0.4) is 0 Å². The molecular weight excluding hydrogens is 288 g/mol. The summed E-state index contributed by atoms with van der Waals surface area (Å²) < 4.78 is 0. The van der Waals surface area contributed by atoms with E-state index in [9.17, 15) is 4.79 Å². The van der Waals surface area contributed by atoms with Crippen LogP contribution in [0.25, 0.3) is 11.0 Å². The number of thiophene rings is 1. The lowest BCUT2D eigenvalue weighted by atomic mass is 10.3. The van der Waals surface area contributed by atoms with Crippen LogP contribution in [-0.2, 0) is 6.42 Å². The number of nitrogens with one attached hydrogen (secondary N) is 1. The van der Waals surface area contributed by atoms with E-state index < -0.39 is 0 Å². The van der Waals surface area contributed by atoms with Gasteiger partial charge < -0.3 is 4.98 Å². The van der Waals surface area contributed by atoms with Crippen molar-refractivity contribution in [2.24, 2.45) is 0 Å². The molecule has 0 radical (unpaired) electrons. The number of aromatic amines is 1. The molecule has 102 valence electrons. The van der Waals surface area contributed by atoms with E-state index in [0.717, 1.165) is 27.5 Å². The predicted molar refractivity (Wildman–Crippen MR) is 84.8 cm³/mol. The Bertz CT molecular complexity index is 712. The first-order valence-corrected chi connectivity index (χ1v) is 8.26. The number of aromatic nitrogens is 2. The van der Waals surface area contributed by atoms with Gasteiger partial charge in [-0.25, -0.2) is 4.98 Å². The van der Waals surface area contributed by atoms with Gasteiger partial charge in [0.05, 0.1) is 21.7 Å². The molecule has 20 heavy (non-hydrogen) atoms. The number of imidazole rings is 1. The summed E-state index contributed by atoms with van der Waals surface area (Å²) in [4.78, 5) is 21.9. The van der Waals surface area contributed by atoms with E-state index in [4.69, 9.17) is 0 Å². The number of hydrogen-bond acceptors (Lipinski definition) is 4. The molecule has 0 saturated carbocycles. The second-order valence-corrected chi connectivity index (χ2v) is 6.52. The van der Waals surface area contributed by atoms with Crippen LogP contribution in [0.1, 0.15) is 21.5 Å². The minimum absolute atomic E-state index is 0.167. The van der Waals surface area contributed by atoms with Crippen LogP contribution in [0.5, 0.6) is 0 Å². The third kappa shape index (κ3) is 2.78. The normalized spacial score (nSPS) is 11.1. The Morgan fingerprint density at radius 1 is 1.30 bits per heavy atom. The number of thioether (sulfide) groups is 1. The van der Waals surface area contributed by atoms with E-state index in [0.29, 0.717) is 5.75 Å². The number of nitrogens with zero attached hydrogens (tertiary/aromatic N) is 1. The lowest BCUT2D eigenvalue weighted by Gasteiger charge is -1.95. The lowest BCUT2D eigenvalue weighted by Crippen LogP contribution is -1.99. The van der Waals surface area contributed by atoms with Crippen molar-refractivity contribution in [3.8, 4) is 0 Å². The summed E-state index contributed by atoms with van der Waals surface area (Å²) in [5.41, 5.74) is 1.94. The molecule has 0 bridgehead atoms. The number of Topliss-reactive ketones (excluding diaryl/α,β-unsaturated/α-hetero) is 1. The Kier molecular flexibility index (Phi) is 3.89. The molecule has 0 atom stereocenters. The molecule has 0 spiro atoms. The first-order chi connectivity index (χ1) is 9.76. The van der Waals surface area contributed by atoms with Crippen molar-refractivity contribution < 1.29 is 4.79 Å². The highest BCUT2D eigenvalue weighted by Crippen LogP contribution is 2.23. The van der Waals surface area contributed by atoms with Gasteiger partial charge in [0.25, 0.3) is 0 Å². The fourth-order valence-corrected chi connectivity index (χ4v) is 3.67. The Hall–Kier alpha value is -1.59. The van der Waals surface area contributed by atoms with Crippen LogP contribution in [0.2, 0.25) is 0 Å². The topological polar surface area (TPSA) is 45.8 Å².